The molecule has 0 saturated carbocycles. The first kappa shape index (κ1) is 13.5. The zero-order valence-corrected chi connectivity index (χ0v) is 11.8. The van der Waals surface area contributed by atoms with Gasteiger partial charge in [0.1, 0.15) is 6.04 Å². The Labute approximate surface area is 123 Å². The van der Waals surface area contributed by atoms with Crippen LogP contribution >= 0.6 is 0 Å². The molecule has 0 spiro atoms. The standard InChI is InChI=1S/C16H17N5/c1-12(17)16-18-19-20-21(16)15(13-8-4-2-5-9-13)14-10-6-3-7-11-14/h2-12,15H,17H2,1H3. The predicted molar refractivity (Wildman–Crippen MR) is 80.5 cm³/mol. The zero-order chi connectivity index (χ0) is 14.7. The third-order valence-corrected chi connectivity index (χ3v) is 3.40. The molecular formula is C16H17N5. The van der Waals surface area contributed by atoms with Crippen LogP contribution in [0.25, 0.3) is 0 Å². The highest BCUT2D eigenvalue weighted by Gasteiger charge is 2.22. The monoisotopic (exact) mass is 279 g/mol. The number of nitrogens with two attached hydrogens (primary N) is 1. The number of nitrogens with zero attached hydrogens (tertiary/aromatic N) is 4. The van der Waals surface area contributed by atoms with E-state index in [1.165, 1.54) is 0 Å². The van der Waals surface area contributed by atoms with Gasteiger partial charge in [-0.1, -0.05) is 60.7 Å². The van der Waals surface area contributed by atoms with Crippen LogP contribution in [0.2, 0.25) is 0 Å². The summed E-state index contributed by atoms with van der Waals surface area (Å²) in [7, 11) is 0. The predicted octanol–water partition coefficient (Wildman–Crippen LogP) is 2.33. The SMILES string of the molecule is CC(N)c1nnnn1C(c1ccccc1)c1ccccc1. The van der Waals surface area contributed by atoms with Gasteiger partial charge in [0, 0.05) is 0 Å². The van der Waals surface area contributed by atoms with Gasteiger partial charge >= 0.3 is 0 Å². The second-order valence-electron chi connectivity index (χ2n) is 4.99. The molecule has 1 atom stereocenters. The molecule has 1 unspecified atom stereocenters. The summed E-state index contributed by atoms with van der Waals surface area (Å²) in [6.07, 6.45) is 0. The van der Waals surface area contributed by atoms with E-state index in [0.717, 1.165) is 11.1 Å². The van der Waals surface area contributed by atoms with E-state index in [1.807, 2.05) is 43.3 Å². The largest absolute Gasteiger partial charge is 0.322 e. The van der Waals surface area contributed by atoms with Gasteiger partial charge in [0.15, 0.2) is 5.82 Å². The lowest BCUT2D eigenvalue weighted by Crippen LogP contribution is -2.21. The van der Waals surface area contributed by atoms with Gasteiger partial charge in [0.05, 0.1) is 6.04 Å². The van der Waals surface area contributed by atoms with Crippen LogP contribution in [0.15, 0.2) is 60.7 Å². The average Bonchev–Trinajstić information content (AvgIpc) is 2.99. The Bertz CT molecular complexity index is 651. The Morgan fingerprint density at radius 2 is 1.43 bits per heavy atom. The molecule has 2 aromatic carbocycles. The highest BCUT2D eigenvalue weighted by atomic mass is 15.6. The molecule has 3 aromatic rings. The minimum Gasteiger partial charge on any atom is -0.322 e. The molecule has 106 valence electrons. The summed E-state index contributed by atoms with van der Waals surface area (Å²) in [5, 5.41) is 12.0. The van der Waals surface area contributed by atoms with Gasteiger partial charge in [-0.25, -0.2) is 4.68 Å². The molecule has 0 aliphatic carbocycles. The molecule has 0 aliphatic heterocycles. The smallest absolute Gasteiger partial charge is 0.168 e. The first-order valence-corrected chi connectivity index (χ1v) is 6.90. The molecule has 1 aromatic heterocycles. The minimum absolute atomic E-state index is 0.0802. The summed E-state index contributed by atoms with van der Waals surface area (Å²) in [6.45, 7) is 1.88. The van der Waals surface area contributed by atoms with Crippen molar-refractivity contribution in [2.45, 2.75) is 19.0 Å². The van der Waals surface area contributed by atoms with Crippen LogP contribution in [0.5, 0.6) is 0 Å². The Balaban J connectivity index is 2.15. The third-order valence-electron chi connectivity index (χ3n) is 3.40. The Morgan fingerprint density at radius 1 is 0.905 bits per heavy atom. The van der Waals surface area contributed by atoms with E-state index in [0.29, 0.717) is 5.82 Å². The molecule has 3 rings (SSSR count). The number of benzene rings is 2. The molecule has 0 amide bonds. The molecule has 0 aliphatic rings. The second-order valence-corrected chi connectivity index (χ2v) is 4.99. The van der Waals surface area contributed by atoms with Crippen molar-refractivity contribution in [2.75, 3.05) is 0 Å². The van der Waals surface area contributed by atoms with E-state index in [-0.39, 0.29) is 12.1 Å². The van der Waals surface area contributed by atoms with Crippen LogP contribution in [0.4, 0.5) is 0 Å². The Kier molecular flexibility index (Phi) is 3.75. The maximum Gasteiger partial charge on any atom is 0.168 e. The minimum atomic E-state index is -0.227. The van der Waals surface area contributed by atoms with Crippen LogP contribution in [0, 0.1) is 0 Å². The lowest BCUT2D eigenvalue weighted by atomic mass is 9.98. The first-order valence-electron chi connectivity index (χ1n) is 6.90. The second kappa shape index (κ2) is 5.85. The van der Waals surface area contributed by atoms with Crippen LogP contribution in [-0.2, 0) is 0 Å². The molecule has 0 radical (unpaired) electrons. The number of hydrogen-bond donors (Lipinski definition) is 1. The summed E-state index contributed by atoms with van der Waals surface area (Å²) in [4.78, 5) is 0. The maximum absolute atomic E-state index is 5.99. The van der Waals surface area contributed by atoms with Gasteiger partial charge in [-0.3, -0.25) is 0 Å². The van der Waals surface area contributed by atoms with Crippen molar-refractivity contribution in [3.63, 3.8) is 0 Å². The summed E-state index contributed by atoms with van der Waals surface area (Å²) >= 11 is 0. The molecule has 0 bridgehead atoms. The van der Waals surface area contributed by atoms with E-state index in [1.54, 1.807) is 4.68 Å². The van der Waals surface area contributed by atoms with E-state index < -0.39 is 0 Å². The normalized spacial score (nSPS) is 12.5. The van der Waals surface area contributed by atoms with E-state index in [4.69, 9.17) is 5.73 Å². The first-order chi connectivity index (χ1) is 10.3. The summed E-state index contributed by atoms with van der Waals surface area (Å²) in [6, 6.07) is 20.0. The fourth-order valence-corrected chi connectivity index (χ4v) is 2.43. The molecule has 21 heavy (non-hydrogen) atoms. The van der Waals surface area contributed by atoms with Gasteiger partial charge in [0.2, 0.25) is 0 Å². The third kappa shape index (κ3) is 2.68. The van der Waals surface area contributed by atoms with Crippen molar-refractivity contribution in [2.24, 2.45) is 5.73 Å². The van der Waals surface area contributed by atoms with Crippen LogP contribution in [-0.4, -0.2) is 20.2 Å². The van der Waals surface area contributed by atoms with Crippen molar-refractivity contribution in [1.82, 2.24) is 20.2 Å². The van der Waals surface area contributed by atoms with Crippen LogP contribution in [0.1, 0.15) is 36.0 Å². The number of tetrazole rings is 1. The van der Waals surface area contributed by atoms with Crippen LogP contribution in [0.3, 0.4) is 0 Å². The number of hydrogen-bond acceptors (Lipinski definition) is 4. The van der Waals surface area contributed by atoms with Gasteiger partial charge in [0.25, 0.3) is 0 Å². The average molecular weight is 279 g/mol. The number of rotatable bonds is 4. The molecule has 5 nitrogen and oxygen atoms in total. The van der Waals surface area contributed by atoms with Gasteiger partial charge in [-0.2, -0.15) is 0 Å². The molecule has 0 saturated heterocycles. The molecule has 1 heterocycles. The van der Waals surface area contributed by atoms with E-state index in [2.05, 4.69) is 39.8 Å². The molecular weight excluding hydrogens is 262 g/mol. The highest BCUT2D eigenvalue weighted by molar-refractivity contribution is 5.32. The lowest BCUT2D eigenvalue weighted by molar-refractivity contribution is 0.527. The van der Waals surface area contributed by atoms with Gasteiger partial charge in [-0.05, 0) is 28.5 Å². The van der Waals surface area contributed by atoms with Crippen molar-refractivity contribution < 1.29 is 0 Å². The molecule has 0 fully saturated rings. The lowest BCUT2D eigenvalue weighted by Gasteiger charge is -2.20. The highest BCUT2D eigenvalue weighted by Crippen LogP contribution is 2.27. The van der Waals surface area contributed by atoms with Gasteiger partial charge < -0.3 is 5.73 Å². The zero-order valence-electron chi connectivity index (χ0n) is 11.8. The van der Waals surface area contributed by atoms with Crippen molar-refractivity contribution >= 4 is 0 Å². The molecule has 2 N–H and O–H groups in total. The Hall–Kier alpha value is -2.53. The van der Waals surface area contributed by atoms with E-state index in [9.17, 15) is 0 Å². The maximum atomic E-state index is 5.99. The summed E-state index contributed by atoms with van der Waals surface area (Å²) in [5.74, 6) is 0.674. The van der Waals surface area contributed by atoms with Crippen molar-refractivity contribution in [3.8, 4) is 0 Å². The fourth-order valence-electron chi connectivity index (χ4n) is 2.43. The fraction of sp³-hybridized carbons (Fsp3) is 0.188. The van der Waals surface area contributed by atoms with Crippen molar-refractivity contribution in [1.29, 1.82) is 0 Å². The van der Waals surface area contributed by atoms with E-state index >= 15 is 0 Å². The Morgan fingerprint density at radius 3 is 1.90 bits per heavy atom. The quantitative estimate of drug-likeness (QED) is 0.795. The van der Waals surface area contributed by atoms with Gasteiger partial charge in [-0.15, -0.1) is 5.10 Å². The molecule has 5 heteroatoms. The number of aromatic nitrogens is 4. The van der Waals surface area contributed by atoms with Crippen molar-refractivity contribution in [3.05, 3.63) is 77.6 Å². The summed E-state index contributed by atoms with van der Waals surface area (Å²) in [5.41, 5.74) is 8.24. The topological polar surface area (TPSA) is 69.6 Å². The summed E-state index contributed by atoms with van der Waals surface area (Å²) < 4.78 is 1.80. The van der Waals surface area contributed by atoms with Crippen LogP contribution < -0.4 is 5.73 Å².